The van der Waals surface area contributed by atoms with E-state index < -0.39 is 12.0 Å². The predicted molar refractivity (Wildman–Crippen MR) is 75.8 cm³/mol. The Hall–Kier alpha value is -2.22. The summed E-state index contributed by atoms with van der Waals surface area (Å²) >= 11 is 1.52. The highest BCUT2D eigenvalue weighted by atomic mass is 32.1. The van der Waals surface area contributed by atoms with Crippen LogP contribution in [0.3, 0.4) is 0 Å². The second kappa shape index (κ2) is 6.98. The molecule has 2 N–H and O–H groups in total. The van der Waals surface area contributed by atoms with E-state index in [9.17, 15) is 9.59 Å². The summed E-state index contributed by atoms with van der Waals surface area (Å²) in [4.78, 5) is 27.3. The first kappa shape index (κ1) is 15.2. The van der Waals surface area contributed by atoms with Gasteiger partial charge in [0.05, 0.1) is 4.88 Å². The molecule has 0 unspecified atom stereocenters. The van der Waals surface area contributed by atoms with Crippen LogP contribution in [0.15, 0.2) is 22.0 Å². The number of hydrogen-bond donors (Lipinski definition) is 2. The van der Waals surface area contributed by atoms with Crippen LogP contribution in [0.4, 0.5) is 0 Å². The zero-order valence-electron chi connectivity index (χ0n) is 11.4. The number of aryl methyl sites for hydroxylation is 1. The SMILES string of the molecule is C[C@@H](NC(=O)CCCc1nc(-c2cccs2)no1)C(=O)O. The van der Waals surface area contributed by atoms with Gasteiger partial charge < -0.3 is 14.9 Å². The maximum Gasteiger partial charge on any atom is 0.325 e. The first-order chi connectivity index (χ1) is 10.1. The van der Waals surface area contributed by atoms with Crippen molar-refractivity contribution in [2.75, 3.05) is 0 Å². The van der Waals surface area contributed by atoms with Crippen molar-refractivity contribution in [3.8, 4) is 10.7 Å². The number of aliphatic carboxylic acids is 1. The number of thiophene rings is 1. The zero-order valence-corrected chi connectivity index (χ0v) is 12.2. The summed E-state index contributed by atoms with van der Waals surface area (Å²) in [7, 11) is 0. The number of carboxylic acids is 1. The Kier molecular flexibility index (Phi) is 5.04. The number of aromatic nitrogens is 2. The topological polar surface area (TPSA) is 105 Å². The largest absolute Gasteiger partial charge is 0.480 e. The Morgan fingerprint density at radius 1 is 1.52 bits per heavy atom. The predicted octanol–water partition coefficient (Wildman–Crippen LogP) is 1.71. The number of nitrogens with one attached hydrogen (secondary N) is 1. The summed E-state index contributed by atoms with van der Waals surface area (Å²) in [5, 5.41) is 16.9. The molecule has 0 spiro atoms. The number of carbonyl (C=O) groups is 2. The minimum atomic E-state index is -1.05. The van der Waals surface area contributed by atoms with Crippen molar-refractivity contribution in [1.29, 1.82) is 0 Å². The second-order valence-corrected chi connectivity index (χ2v) is 5.42. The molecule has 1 amide bonds. The Bertz CT molecular complexity index is 609. The molecule has 2 rings (SSSR count). The molecule has 112 valence electrons. The van der Waals surface area contributed by atoms with Crippen molar-refractivity contribution >= 4 is 23.2 Å². The van der Waals surface area contributed by atoms with Crippen LogP contribution in [-0.2, 0) is 16.0 Å². The van der Waals surface area contributed by atoms with Crippen LogP contribution in [0.2, 0.25) is 0 Å². The number of rotatable bonds is 7. The van der Waals surface area contributed by atoms with Crippen molar-refractivity contribution in [2.45, 2.75) is 32.2 Å². The van der Waals surface area contributed by atoms with Crippen LogP contribution in [0.25, 0.3) is 10.7 Å². The highest BCUT2D eigenvalue weighted by Gasteiger charge is 2.14. The van der Waals surface area contributed by atoms with Gasteiger partial charge in [-0.2, -0.15) is 4.98 Å². The highest BCUT2D eigenvalue weighted by Crippen LogP contribution is 2.21. The van der Waals surface area contributed by atoms with E-state index in [0.29, 0.717) is 24.6 Å². The minimum Gasteiger partial charge on any atom is -0.480 e. The molecule has 0 saturated heterocycles. The molecule has 2 aromatic heterocycles. The molecule has 0 aliphatic rings. The first-order valence-corrected chi connectivity index (χ1v) is 7.33. The average molecular weight is 309 g/mol. The third kappa shape index (κ3) is 4.38. The summed E-state index contributed by atoms with van der Waals surface area (Å²) in [5.74, 6) is -0.342. The summed E-state index contributed by atoms with van der Waals surface area (Å²) < 4.78 is 5.11. The smallest absolute Gasteiger partial charge is 0.325 e. The van der Waals surface area contributed by atoms with Crippen LogP contribution in [0.1, 0.15) is 25.7 Å². The Morgan fingerprint density at radius 3 is 3.00 bits per heavy atom. The fraction of sp³-hybridized carbons (Fsp3) is 0.385. The number of carbonyl (C=O) groups excluding carboxylic acids is 1. The highest BCUT2D eigenvalue weighted by molar-refractivity contribution is 7.13. The molecular formula is C13H15N3O4S. The van der Waals surface area contributed by atoms with E-state index in [2.05, 4.69) is 15.5 Å². The number of carboxylic acid groups (broad SMARTS) is 1. The van der Waals surface area contributed by atoms with Gasteiger partial charge in [-0.25, -0.2) is 0 Å². The van der Waals surface area contributed by atoms with Gasteiger partial charge >= 0.3 is 5.97 Å². The number of nitrogens with zero attached hydrogens (tertiary/aromatic N) is 2. The Morgan fingerprint density at radius 2 is 2.33 bits per heavy atom. The van der Waals surface area contributed by atoms with E-state index in [1.54, 1.807) is 0 Å². The molecule has 21 heavy (non-hydrogen) atoms. The van der Waals surface area contributed by atoms with Crippen LogP contribution in [0, 0.1) is 0 Å². The van der Waals surface area contributed by atoms with E-state index in [1.807, 2.05) is 17.5 Å². The molecule has 2 heterocycles. The van der Waals surface area contributed by atoms with Crippen molar-refractivity contribution in [3.05, 3.63) is 23.4 Å². The summed E-state index contributed by atoms with van der Waals surface area (Å²) in [6.07, 6.45) is 1.21. The maximum atomic E-state index is 11.5. The molecule has 1 atom stereocenters. The number of amides is 1. The van der Waals surface area contributed by atoms with Crippen LogP contribution >= 0.6 is 11.3 Å². The van der Waals surface area contributed by atoms with E-state index in [4.69, 9.17) is 9.63 Å². The third-order valence-corrected chi connectivity index (χ3v) is 3.62. The van der Waals surface area contributed by atoms with Gasteiger partial charge in [-0.1, -0.05) is 11.2 Å². The molecule has 2 aromatic rings. The van der Waals surface area contributed by atoms with Crippen molar-refractivity contribution in [2.24, 2.45) is 0 Å². The van der Waals surface area contributed by atoms with Gasteiger partial charge in [0.1, 0.15) is 6.04 Å². The third-order valence-electron chi connectivity index (χ3n) is 2.75. The van der Waals surface area contributed by atoms with Gasteiger partial charge in [0.25, 0.3) is 0 Å². The lowest BCUT2D eigenvalue weighted by Crippen LogP contribution is -2.38. The van der Waals surface area contributed by atoms with Gasteiger partial charge in [0.2, 0.25) is 17.6 Å². The zero-order chi connectivity index (χ0) is 15.2. The summed E-state index contributed by atoms with van der Waals surface area (Å²) in [5.41, 5.74) is 0. The molecule has 0 fully saturated rings. The second-order valence-electron chi connectivity index (χ2n) is 4.47. The van der Waals surface area contributed by atoms with E-state index in [0.717, 1.165) is 4.88 Å². The lowest BCUT2D eigenvalue weighted by atomic mass is 10.2. The van der Waals surface area contributed by atoms with E-state index >= 15 is 0 Å². The lowest BCUT2D eigenvalue weighted by molar-refractivity contribution is -0.141. The van der Waals surface area contributed by atoms with E-state index in [1.165, 1.54) is 18.3 Å². The molecule has 0 saturated carbocycles. The van der Waals surface area contributed by atoms with Crippen LogP contribution in [-0.4, -0.2) is 33.2 Å². The quantitative estimate of drug-likeness (QED) is 0.806. The van der Waals surface area contributed by atoms with Crippen molar-refractivity contribution in [1.82, 2.24) is 15.5 Å². The fourth-order valence-electron chi connectivity index (χ4n) is 1.64. The molecule has 0 aliphatic heterocycles. The molecule has 8 heteroatoms. The fourth-order valence-corrected chi connectivity index (χ4v) is 2.29. The van der Waals surface area contributed by atoms with Gasteiger partial charge in [-0.3, -0.25) is 9.59 Å². The molecule has 0 bridgehead atoms. The lowest BCUT2D eigenvalue weighted by Gasteiger charge is -2.08. The standard InChI is InChI=1S/C13H15N3O4S/c1-8(13(18)19)14-10(17)5-2-6-11-15-12(16-20-11)9-4-3-7-21-9/h3-4,7-8H,2,5-6H2,1H3,(H,14,17)(H,18,19)/t8-/m1/s1. The molecule has 0 aliphatic carbocycles. The Labute approximate surface area is 125 Å². The number of hydrogen-bond acceptors (Lipinski definition) is 6. The molecular weight excluding hydrogens is 294 g/mol. The maximum absolute atomic E-state index is 11.5. The Balaban J connectivity index is 1.76. The van der Waals surface area contributed by atoms with Gasteiger partial charge in [0.15, 0.2) is 0 Å². The van der Waals surface area contributed by atoms with Gasteiger partial charge in [0, 0.05) is 12.8 Å². The van der Waals surface area contributed by atoms with Gasteiger partial charge in [-0.05, 0) is 24.8 Å². The van der Waals surface area contributed by atoms with Crippen LogP contribution < -0.4 is 5.32 Å². The van der Waals surface area contributed by atoms with Gasteiger partial charge in [-0.15, -0.1) is 11.3 Å². The van der Waals surface area contributed by atoms with Crippen LogP contribution in [0.5, 0.6) is 0 Å². The normalized spacial score (nSPS) is 12.0. The average Bonchev–Trinajstić information content (AvgIpc) is 3.08. The summed E-state index contributed by atoms with van der Waals surface area (Å²) in [6, 6.07) is 2.93. The molecule has 0 radical (unpaired) electrons. The van der Waals surface area contributed by atoms with Crippen molar-refractivity contribution < 1.29 is 19.2 Å². The molecule has 7 nitrogen and oxygen atoms in total. The first-order valence-electron chi connectivity index (χ1n) is 6.45. The summed E-state index contributed by atoms with van der Waals surface area (Å²) in [6.45, 7) is 1.42. The van der Waals surface area contributed by atoms with E-state index in [-0.39, 0.29) is 12.3 Å². The van der Waals surface area contributed by atoms with Crippen molar-refractivity contribution in [3.63, 3.8) is 0 Å². The molecule has 0 aromatic carbocycles. The minimum absolute atomic E-state index is 0.217. The monoisotopic (exact) mass is 309 g/mol.